The van der Waals surface area contributed by atoms with Crippen LogP contribution in [-0.2, 0) is 4.79 Å². The maximum absolute atomic E-state index is 9.75. The molecule has 100 valence electrons. The number of carboxylic acid groups (broad SMARTS) is 1. The van der Waals surface area contributed by atoms with Gasteiger partial charge in [0.25, 0.3) is 0 Å². The van der Waals surface area contributed by atoms with Crippen LogP contribution in [0.5, 0.6) is 0 Å². The number of carboxylic acids is 1. The Balaban J connectivity index is 0. The predicted octanol–water partition coefficient (Wildman–Crippen LogP) is -0.855. The molecule has 0 radical (unpaired) electrons. The molecule has 0 aliphatic rings. The summed E-state index contributed by atoms with van der Waals surface area (Å²) in [7, 11) is 0. The maximum Gasteiger partial charge on any atom is 0.328 e. The van der Waals surface area contributed by atoms with E-state index in [4.69, 9.17) is 25.5 Å². The molecule has 0 bridgehead atoms. The Labute approximate surface area is 100 Å². The van der Waals surface area contributed by atoms with Crippen LogP contribution in [0.1, 0.15) is 6.92 Å². The van der Waals surface area contributed by atoms with E-state index in [0.717, 1.165) is 6.08 Å². The van der Waals surface area contributed by atoms with E-state index in [1.807, 2.05) is 6.92 Å². The highest BCUT2D eigenvalue weighted by Gasteiger charge is 2.26. The molecule has 0 atom stereocenters. The van der Waals surface area contributed by atoms with Crippen LogP contribution in [0.4, 0.5) is 0 Å². The minimum Gasteiger partial charge on any atom is -0.478 e. The molecule has 5 N–H and O–H groups in total. The Morgan fingerprint density at radius 1 is 1.00 bits per heavy atom. The third-order valence-electron chi connectivity index (χ3n) is 1.88. The quantitative estimate of drug-likeness (QED) is 0.308. The van der Waals surface area contributed by atoms with E-state index < -0.39 is 37.8 Å². The van der Waals surface area contributed by atoms with Gasteiger partial charge in [-0.15, -0.1) is 0 Å². The van der Waals surface area contributed by atoms with Gasteiger partial charge in [-0.2, -0.15) is 0 Å². The van der Waals surface area contributed by atoms with E-state index >= 15 is 0 Å². The molecule has 0 fully saturated rings. The second kappa shape index (κ2) is 11.3. The fourth-order valence-corrected chi connectivity index (χ4v) is 0.549. The molecule has 0 aliphatic carbocycles. The molecule has 6 nitrogen and oxygen atoms in total. The van der Waals surface area contributed by atoms with Gasteiger partial charge in [-0.05, 0) is 6.92 Å². The molecule has 0 amide bonds. The first-order valence-electron chi connectivity index (χ1n) is 4.97. The number of hydrogen-bond acceptors (Lipinski definition) is 5. The van der Waals surface area contributed by atoms with Crippen LogP contribution in [0.15, 0.2) is 24.3 Å². The first kappa shape index (κ1) is 18.2. The van der Waals surface area contributed by atoms with E-state index in [9.17, 15) is 4.79 Å². The molecule has 0 heterocycles. The van der Waals surface area contributed by atoms with Crippen LogP contribution in [-0.4, -0.2) is 57.9 Å². The van der Waals surface area contributed by atoms with E-state index in [1.165, 1.54) is 6.08 Å². The zero-order valence-corrected chi connectivity index (χ0v) is 9.78. The summed E-state index contributed by atoms with van der Waals surface area (Å²) in [5.41, 5.74) is -1.11. The van der Waals surface area contributed by atoms with Crippen LogP contribution in [0.25, 0.3) is 0 Å². The normalized spacial score (nSPS) is 11.6. The van der Waals surface area contributed by atoms with Gasteiger partial charge in [0.2, 0.25) is 0 Å². The van der Waals surface area contributed by atoms with Crippen molar-refractivity contribution in [2.45, 2.75) is 6.92 Å². The summed E-state index contributed by atoms with van der Waals surface area (Å²) in [6.07, 6.45) is 5.98. The van der Waals surface area contributed by atoms with Gasteiger partial charge in [-0.1, -0.05) is 18.2 Å². The topological polar surface area (TPSA) is 118 Å². The minimum atomic E-state index is -1.11. The zero-order valence-electron chi connectivity index (χ0n) is 9.78. The molecule has 0 aromatic heterocycles. The molecule has 0 saturated heterocycles. The Bertz CT molecular complexity index is 225. The van der Waals surface area contributed by atoms with Gasteiger partial charge in [-0.3, -0.25) is 0 Å². The smallest absolute Gasteiger partial charge is 0.328 e. The molecule has 17 heavy (non-hydrogen) atoms. The first-order valence-corrected chi connectivity index (χ1v) is 4.97. The van der Waals surface area contributed by atoms with Gasteiger partial charge in [-0.25, -0.2) is 4.79 Å². The van der Waals surface area contributed by atoms with Crippen LogP contribution in [0, 0.1) is 5.41 Å². The largest absolute Gasteiger partial charge is 0.478 e. The van der Waals surface area contributed by atoms with E-state index in [2.05, 4.69) is 0 Å². The third-order valence-corrected chi connectivity index (χ3v) is 1.88. The summed E-state index contributed by atoms with van der Waals surface area (Å²) in [6, 6.07) is 0. The van der Waals surface area contributed by atoms with E-state index in [1.54, 1.807) is 12.2 Å². The number of carbonyl (C=O) groups is 1. The molecule has 0 rings (SSSR count). The Morgan fingerprint density at radius 3 is 1.59 bits per heavy atom. The van der Waals surface area contributed by atoms with Crippen LogP contribution < -0.4 is 0 Å². The molecular formula is C11H20O6. The summed E-state index contributed by atoms with van der Waals surface area (Å²) in [6.45, 7) is 0.201. The Morgan fingerprint density at radius 2 is 1.41 bits per heavy atom. The van der Waals surface area contributed by atoms with Crippen LogP contribution in [0.3, 0.4) is 0 Å². The summed E-state index contributed by atoms with van der Waals surface area (Å²) >= 11 is 0. The van der Waals surface area contributed by atoms with Gasteiger partial charge < -0.3 is 25.5 Å². The summed E-state index contributed by atoms with van der Waals surface area (Å²) in [4.78, 5) is 9.75. The zero-order chi connectivity index (χ0) is 13.7. The molecule has 6 heteroatoms. The van der Waals surface area contributed by atoms with Crippen molar-refractivity contribution in [1.82, 2.24) is 0 Å². The number of aliphatic hydroxyl groups excluding tert-OH is 4. The van der Waals surface area contributed by atoms with Crippen molar-refractivity contribution in [3.05, 3.63) is 24.3 Å². The van der Waals surface area contributed by atoms with Gasteiger partial charge in [0, 0.05) is 6.08 Å². The summed E-state index contributed by atoms with van der Waals surface area (Å²) < 4.78 is 0. The van der Waals surface area contributed by atoms with Crippen molar-refractivity contribution in [3.63, 3.8) is 0 Å². The van der Waals surface area contributed by atoms with Gasteiger partial charge in [0.1, 0.15) is 0 Å². The van der Waals surface area contributed by atoms with Crippen molar-refractivity contribution in [2.24, 2.45) is 5.41 Å². The molecule has 0 aliphatic heterocycles. The summed E-state index contributed by atoms with van der Waals surface area (Å²) in [5, 5.41) is 42.0. The van der Waals surface area contributed by atoms with Gasteiger partial charge >= 0.3 is 5.97 Å². The number of rotatable bonds is 6. The number of allylic oxidation sites excluding steroid dienone is 3. The molecule has 0 saturated carbocycles. The number of hydrogen-bond donors (Lipinski definition) is 5. The number of aliphatic hydroxyl groups is 4. The monoisotopic (exact) mass is 248 g/mol. The van der Waals surface area contributed by atoms with Crippen molar-refractivity contribution in [3.8, 4) is 0 Å². The minimum absolute atomic E-state index is 0.406. The summed E-state index contributed by atoms with van der Waals surface area (Å²) in [5.74, 6) is -0.914. The first-order chi connectivity index (χ1) is 8.01. The van der Waals surface area contributed by atoms with Crippen molar-refractivity contribution < 1.29 is 30.3 Å². The molecule has 0 unspecified atom stereocenters. The lowest BCUT2D eigenvalue weighted by Gasteiger charge is -2.23. The van der Waals surface area contributed by atoms with Crippen LogP contribution in [0.2, 0.25) is 0 Å². The van der Waals surface area contributed by atoms with Gasteiger partial charge in [0.05, 0.1) is 31.8 Å². The molecular weight excluding hydrogens is 228 g/mol. The fourth-order valence-electron chi connectivity index (χ4n) is 0.549. The maximum atomic E-state index is 9.75. The second-order valence-electron chi connectivity index (χ2n) is 3.36. The number of aliphatic carboxylic acids is 1. The van der Waals surface area contributed by atoms with E-state index in [0.29, 0.717) is 0 Å². The second-order valence-corrected chi connectivity index (χ2v) is 3.36. The molecule has 0 spiro atoms. The van der Waals surface area contributed by atoms with Crippen molar-refractivity contribution in [1.29, 1.82) is 0 Å². The average Bonchev–Trinajstić information content (AvgIpc) is 2.34. The fraction of sp³-hybridized carbons (Fsp3) is 0.545. The average molecular weight is 248 g/mol. The Hall–Kier alpha value is -1.21. The molecule has 0 aromatic rings. The lowest BCUT2D eigenvalue weighted by Crippen LogP contribution is -2.37. The highest BCUT2D eigenvalue weighted by atomic mass is 16.4. The molecule has 0 aromatic carbocycles. The van der Waals surface area contributed by atoms with Gasteiger partial charge in [0.15, 0.2) is 0 Å². The SMILES string of the molecule is C/C=C/C=C/C(=O)O.OCC(CO)(CO)CO. The lowest BCUT2D eigenvalue weighted by atomic mass is 9.93. The van der Waals surface area contributed by atoms with Crippen molar-refractivity contribution in [2.75, 3.05) is 26.4 Å². The highest BCUT2D eigenvalue weighted by Crippen LogP contribution is 2.11. The standard InChI is InChI=1S/C6H8O2.C5H12O4/c1-2-3-4-5-6(7)8;6-1-5(2-7,3-8)4-9/h2-5H,1H3,(H,7,8);6-9H,1-4H2/b3-2+,5-4+;. The van der Waals surface area contributed by atoms with Crippen LogP contribution >= 0.6 is 0 Å². The Kier molecular flexibility index (Phi) is 12.1. The van der Waals surface area contributed by atoms with E-state index in [-0.39, 0.29) is 0 Å². The highest BCUT2D eigenvalue weighted by molar-refractivity contribution is 5.80. The predicted molar refractivity (Wildman–Crippen MR) is 62.4 cm³/mol. The lowest BCUT2D eigenvalue weighted by molar-refractivity contribution is -0.131. The third kappa shape index (κ3) is 9.70. The van der Waals surface area contributed by atoms with Crippen molar-refractivity contribution >= 4 is 5.97 Å².